The zero-order valence-corrected chi connectivity index (χ0v) is 16.5. The van der Waals surface area contributed by atoms with Gasteiger partial charge in [0, 0.05) is 5.69 Å². The second-order valence-corrected chi connectivity index (χ2v) is 7.18. The first-order chi connectivity index (χ1) is 13.6. The number of thioether (sulfide) groups is 1. The van der Waals surface area contributed by atoms with Crippen molar-refractivity contribution >= 4 is 29.4 Å². The van der Waals surface area contributed by atoms with Gasteiger partial charge in [-0.15, -0.1) is 0 Å². The Kier molecular flexibility index (Phi) is 6.45. The number of nitriles is 1. The largest absolute Gasteiger partial charge is 0.493 e. The summed E-state index contributed by atoms with van der Waals surface area (Å²) in [5.74, 6) is 0.875. The minimum absolute atomic E-state index is 0.0539. The van der Waals surface area contributed by atoms with Gasteiger partial charge in [0.05, 0.1) is 12.0 Å². The lowest BCUT2D eigenvalue weighted by molar-refractivity contribution is -0.116. The third-order valence-electron chi connectivity index (χ3n) is 4.17. The first-order valence-electron chi connectivity index (χ1n) is 8.85. The fraction of sp³-hybridized carbons (Fsp3) is 0.238. The van der Waals surface area contributed by atoms with E-state index in [1.54, 1.807) is 18.2 Å². The average Bonchev–Trinajstić information content (AvgIpc) is 3.06. The normalized spacial score (nSPS) is 17.1. The maximum Gasteiger partial charge on any atom is 0.260 e. The monoisotopic (exact) mass is 395 g/mol. The van der Waals surface area contributed by atoms with Gasteiger partial charge in [-0.05, 0) is 47.9 Å². The molecule has 1 aliphatic rings. The van der Waals surface area contributed by atoms with Crippen LogP contribution < -0.4 is 20.1 Å². The van der Waals surface area contributed by atoms with E-state index in [1.807, 2.05) is 24.3 Å². The number of carbonyl (C=O) groups excluding carboxylic acids is 1. The van der Waals surface area contributed by atoms with E-state index in [9.17, 15) is 4.79 Å². The van der Waals surface area contributed by atoms with E-state index in [0.717, 1.165) is 17.7 Å². The van der Waals surface area contributed by atoms with Gasteiger partial charge in [-0.2, -0.15) is 5.26 Å². The maximum atomic E-state index is 12.3. The number of nitrogens with zero attached hydrogens (tertiary/aromatic N) is 1. The second-order valence-electron chi connectivity index (χ2n) is 6.03. The molecule has 2 aromatic carbocycles. The third-order valence-corrected chi connectivity index (χ3v) is 5.20. The zero-order valence-electron chi connectivity index (χ0n) is 15.7. The van der Waals surface area contributed by atoms with Crippen LogP contribution in [0.25, 0.3) is 6.08 Å². The molecular formula is C21H21N3O3S. The van der Waals surface area contributed by atoms with Gasteiger partial charge in [-0.3, -0.25) is 4.79 Å². The van der Waals surface area contributed by atoms with Crippen LogP contribution >= 0.6 is 11.8 Å². The lowest BCUT2D eigenvalue weighted by Gasteiger charge is -2.13. The van der Waals surface area contributed by atoms with Crippen LogP contribution in [-0.4, -0.2) is 25.1 Å². The highest BCUT2D eigenvalue weighted by atomic mass is 32.2. The summed E-state index contributed by atoms with van der Waals surface area (Å²) in [4.78, 5) is 12.9. The number of benzene rings is 2. The molecule has 2 aromatic rings. The van der Waals surface area contributed by atoms with Crippen LogP contribution in [0, 0.1) is 11.3 Å². The van der Waals surface area contributed by atoms with Crippen LogP contribution in [0.4, 0.5) is 5.69 Å². The second kappa shape index (κ2) is 9.20. The predicted octanol–water partition coefficient (Wildman–Crippen LogP) is 3.76. The summed E-state index contributed by atoms with van der Waals surface area (Å²) in [6.07, 6.45) is 2.80. The molecule has 0 bridgehead atoms. The van der Waals surface area contributed by atoms with Crippen LogP contribution in [-0.2, 0) is 11.2 Å². The molecule has 2 N–H and O–H groups in total. The number of nitrogens with one attached hydrogen (secondary N) is 2. The smallest absolute Gasteiger partial charge is 0.260 e. The summed E-state index contributed by atoms with van der Waals surface area (Å²) in [5, 5.41) is 14.9. The molecule has 28 heavy (non-hydrogen) atoms. The minimum atomic E-state index is -0.230. The fourth-order valence-corrected chi connectivity index (χ4v) is 3.69. The van der Waals surface area contributed by atoms with Gasteiger partial charge in [-0.25, -0.2) is 0 Å². The Morgan fingerprint density at radius 1 is 1.25 bits per heavy atom. The van der Waals surface area contributed by atoms with Gasteiger partial charge in [0.15, 0.2) is 23.6 Å². The quantitative estimate of drug-likeness (QED) is 0.695. The van der Waals surface area contributed by atoms with E-state index in [-0.39, 0.29) is 18.0 Å². The van der Waals surface area contributed by atoms with Crippen molar-refractivity contribution in [1.29, 1.82) is 5.26 Å². The first kappa shape index (κ1) is 19.6. The van der Waals surface area contributed by atoms with Crippen LogP contribution in [0.3, 0.4) is 0 Å². The van der Waals surface area contributed by atoms with Gasteiger partial charge in [0.1, 0.15) is 6.07 Å². The number of rotatable bonds is 7. The molecule has 3 rings (SSSR count). The number of ether oxygens (including phenoxy) is 2. The molecule has 1 amide bonds. The molecule has 0 radical (unpaired) electrons. The van der Waals surface area contributed by atoms with Crippen molar-refractivity contribution in [3.05, 3.63) is 58.5 Å². The molecule has 6 nitrogen and oxygen atoms in total. The van der Waals surface area contributed by atoms with Crippen LogP contribution in [0.2, 0.25) is 0 Å². The van der Waals surface area contributed by atoms with Gasteiger partial charge < -0.3 is 20.1 Å². The maximum absolute atomic E-state index is 12.3. The Bertz CT molecular complexity index is 919. The summed E-state index contributed by atoms with van der Waals surface area (Å²) >= 11 is 1.42. The molecule has 0 aromatic heterocycles. The van der Waals surface area contributed by atoms with Gasteiger partial charge in [0.25, 0.3) is 5.91 Å². The molecular weight excluding hydrogens is 374 g/mol. The lowest BCUT2D eigenvalue weighted by atomic mass is 10.1. The van der Waals surface area contributed by atoms with Crippen molar-refractivity contribution in [2.45, 2.75) is 18.8 Å². The highest BCUT2D eigenvalue weighted by molar-refractivity contribution is 8.05. The summed E-state index contributed by atoms with van der Waals surface area (Å²) in [5.41, 5.74) is 2.81. The number of carbonyl (C=O) groups is 1. The molecule has 0 saturated carbocycles. The molecule has 144 valence electrons. The van der Waals surface area contributed by atoms with E-state index in [1.165, 1.54) is 24.4 Å². The Balaban J connectivity index is 1.70. The molecule has 0 aliphatic carbocycles. The molecule has 0 spiro atoms. The standard InChI is InChI=1S/C21H21N3O3S/c1-3-14-4-7-16(8-5-14)23-21-24-20(25)19(28-21)13-15-6-9-17(27-11-10-22)18(12-15)26-2/h4-9,12-13,21,23H,3,11H2,1-2H3,(H,24,25)/b19-13-/t21-/m0/s1. The third kappa shape index (κ3) is 4.78. The van der Waals surface area contributed by atoms with Crippen molar-refractivity contribution in [3.8, 4) is 17.6 Å². The first-order valence-corrected chi connectivity index (χ1v) is 9.73. The molecule has 7 heteroatoms. The summed E-state index contributed by atoms with van der Waals surface area (Å²) in [7, 11) is 1.53. The lowest BCUT2D eigenvalue weighted by Crippen LogP contribution is -2.30. The molecule has 1 fully saturated rings. The van der Waals surface area contributed by atoms with Gasteiger partial charge >= 0.3 is 0 Å². The predicted molar refractivity (Wildman–Crippen MR) is 111 cm³/mol. The fourth-order valence-electron chi connectivity index (χ4n) is 2.71. The van der Waals surface area contributed by atoms with E-state index in [2.05, 4.69) is 29.7 Å². The number of methoxy groups -OCH3 is 1. The minimum Gasteiger partial charge on any atom is -0.493 e. The van der Waals surface area contributed by atoms with E-state index >= 15 is 0 Å². The van der Waals surface area contributed by atoms with Crippen molar-refractivity contribution in [1.82, 2.24) is 5.32 Å². The SMILES string of the molecule is CCc1ccc(N[C@H]2NC(=O)/C(=C/c3ccc(OCC#N)c(OC)c3)S2)cc1. The summed E-state index contributed by atoms with van der Waals surface area (Å²) < 4.78 is 10.6. The average molecular weight is 395 g/mol. The Morgan fingerprint density at radius 3 is 2.71 bits per heavy atom. The van der Waals surface area contributed by atoms with E-state index < -0.39 is 0 Å². The van der Waals surface area contributed by atoms with Gasteiger partial charge in [0.2, 0.25) is 0 Å². The van der Waals surface area contributed by atoms with Crippen LogP contribution in [0.1, 0.15) is 18.1 Å². The highest BCUT2D eigenvalue weighted by Gasteiger charge is 2.27. The molecule has 1 aliphatic heterocycles. The van der Waals surface area contributed by atoms with Crippen molar-refractivity contribution in [2.24, 2.45) is 0 Å². The van der Waals surface area contributed by atoms with E-state index in [0.29, 0.717) is 16.4 Å². The molecule has 1 heterocycles. The van der Waals surface area contributed by atoms with Crippen LogP contribution in [0.5, 0.6) is 11.5 Å². The molecule has 1 saturated heterocycles. The Labute approximate surface area is 168 Å². The summed E-state index contributed by atoms with van der Waals surface area (Å²) in [6, 6.07) is 15.4. The topological polar surface area (TPSA) is 83.4 Å². The van der Waals surface area contributed by atoms with E-state index in [4.69, 9.17) is 14.7 Å². The van der Waals surface area contributed by atoms with Crippen molar-refractivity contribution < 1.29 is 14.3 Å². The van der Waals surface area contributed by atoms with Crippen molar-refractivity contribution in [2.75, 3.05) is 19.0 Å². The van der Waals surface area contributed by atoms with Crippen molar-refractivity contribution in [3.63, 3.8) is 0 Å². The number of aryl methyl sites for hydroxylation is 1. The Morgan fingerprint density at radius 2 is 2.04 bits per heavy atom. The van der Waals surface area contributed by atoms with Crippen LogP contribution in [0.15, 0.2) is 47.4 Å². The Hall–Kier alpha value is -3.11. The number of anilines is 1. The van der Waals surface area contributed by atoms with Gasteiger partial charge in [-0.1, -0.05) is 36.9 Å². The highest BCUT2D eigenvalue weighted by Crippen LogP contribution is 2.33. The number of amides is 1. The molecule has 0 unspecified atom stereocenters. The number of hydrogen-bond acceptors (Lipinski definition) is 6. The summed E-state index contributed by atoms with van der Waals surface area (Å²) in [6.45, 7) is 2.06. The molecule has 1 atom stereocenters. The number of hydrogen-bond donors (Lipinski definition) is 2. The zero-order chi connectivity index (χ0) is 19.9.